The molecule has 0 bridgehead atoms. The molecular formula is C16H24O2. The number of unbranched alkanes of at least 4 members (excludes halogenated alkanes) is 1. The molecule has 0 aromatic heterocycles. The summed E-state index contributed by atoms with van der Waals surface area (Å²) in [5.41, 5.74) is 2.49. The summed E-state index contributed by atoms with van der Waals surface area (Å²) in [5, 5.41) is 0. The third-order valence-corrected chi connectivity index (χ3v) is 3.20. The molecule has 100 valence electrons. The Balaban J connectivity index is 2.98. The first-order chi connectivity index (χ1) is 8.74. The first-order valence-electron chi connectivity index (χ1n) is 6.89. The number of rotatable bonds is 8. The Hall–Kier alpha value is -1.15. The van der Waals surface area contributed by atoms with E-state index in [-0.39, 0.29) is 12.0 Å². The summed E-state index contributed by atoms with van der Waals surface area (Å²) in [6.45, 7) is 6.71. The number of aryl methyl sites for hydroxylation is 1. The van der Waals surface area contributed by atoms with Crippen molar-refractivity contribution in [3.63, 3.8) is 0 Å². The summed E-state index contributed by atoms with van der Waals surface area (Å²) in [7, 11) is 0. The minimum atomic E-state index is -0.111. The molecule has 2 heteroatoms. The van der Waals surface area contributed by atoms with E-state index in [1.165, 1.54) is 24.0 Å². The van der Waals surface area contributed by atoms with Gasteiger partial charge in [-0.05, 0) is 30.9 Å². The molecule has 0 heterocycles. The summed E-state index contributed by atoms with van der Waals surface area (Å²) < 4.78 is 5.77. The van der Waals surface area contributed by atoms with Gasteiger partial charge in [-0.1, -0.05) is 44.5 Å². The molecule has 0 aliphatic carbocycles. The fraction of sp³-hybridized carbons (Fsp3) is 0.562. The lowest BCUT2D eigenvalue weighted by molar-refractivity contribution is -0.115. The number of hydrogen-bond donors (Lipinski definition) is 0. The Morgan fingerprint density at radius 3 is 2.61 bits per heavy atom. The van der Waals surface area contributed by atoms with Gasteiger partial charge in [0.05, 0.1) is 6.10 Å². The third-order valence-electron chi connectivity index (χ3n) is 3.20. The SMILES string of the molecule is CCCCc1ccccc1C(OCC)C(C)C=O. The molecule has 0 N–H and O–H groups in total. The highest BCUT2D eigenvalue weighted by Gasteiger charge is 2.21. The lowest BCUT2D eigenvalue weighted by atomic mass is 9.92. The summed E-state index contributed by atoms with van der Waals surface area (Å²) >= 11 is 0. The van der Waals surface area contributed by atoms with Crippen LogP contribution in [0.4, 0.5) is 0 Å². The second-order valence-corrected chi connectivity index (χ2v) is 4.67. The van der Waals surface area contributed by atoms with E-state index in [9.17, 15) is 4.79 Å². The molecule has 1 rings (SSSR count). The van der Waals surface area contributed by atoms with E-state index in [2.05, 4.69) is 25.1 Å². The second kappa shape index (κ2) is 8.04. The quantitative estimate of drug-likeness (QED) is 0.651. The molecule has 0 saturated carbocycles. The van der Waals surface area contributed by atoms with Gasteiger partial charge in [0, 0.05) is 12.5 Å². The average Bonchev–Trinajstić information content (AvgIpc) is 2.42. The van der Waals surface area contributed by atoms with E-state index in [1.54, 1.807) is 0 Å². The number of ether oxygens (including phenoxy) is 1. The summed E-state index contributed by atoms with van der Waals surface area (Å²) in [6, 6.07) is 8.32. The normalized spacial score (nSPS) is 14.2. The number of carbonyl (C=O) groups excluding carboxylic acids is 1. The molecule has 0 saturated heterocycles. The van der Waals surface area contributed by atoms with Gasteiger partial charge in [-0.3, -0.25) is 0 Å². The Morgan fingerprint density at radius 2 is 2.00 bits per heavy atom. The smallest absolute Gasteiger partial charge is 0.125 e. The third kappa shape index (κ3) is 3.95. The van der Waals surface area contributed by atoms with E-state index in [0.717, 1.165) is 12.7 Å². The Morgan fingerprint density at radius 1 is 1.28 bits per heavy atom. The van der Waals surface area contributed by atoms with Crippen molar-refractivity contribution in [2.45, 2.75) is 46.1 Å². The molecule has 2 atom stereocenters. The maximum atomic E-state index is 11.0. The van der Waals surface area contributed by atoms with Crippen molar-refractivity contribution in [3.05, 3.63) is 35.4 Å². The average molecular weight is 248 g/mol. The number of aldehydes is 1. The van der Waals surface area contributed by atoms with Crippen molar-refractivity contribution in [2.75, 3.05) is 6.61 Å². The predicted molar refractivity (Wildman–Crippen MR) is 74.6 cm³/mol. The van der Waals surface area contributed by atoms with Crippen LogP contribution < -0.4 is 0 Å². The van der Waals surface area contributed by atoms with Crippen molar-refractivity contribution in [3.8, 4) is 0 Å². The Kier molecular flexibility index (Phi) is 6.66. The molecule has 1 aromatic carbocycles. The van der Waals surface area contributed by atoms with Gasteiger partial charge in [-0.15, -0.1) is 0 Å². The van der Waals surface area contributed by atoms with Gasteiger partial charge < -0.3 is 9.53 Å². The van der Waals surface area contributed by atoms with Crippen LogP contribution in [-0.2, 0) is 16.0 Å². The number of benzene rings is 1. The first kappa shape index (κ1) is 14.9. The largest absolute Gasteiger partial charge is 0.373 e. The van der Waals surface area contributed by atoms with E-state index in [0.29, 0.717) is 6.61 Å². The van der Waals surface area contributed by atoms with E-state index in [4.69, 9.17) is 4.74 Å². The maximum absolute atomic E-state index is 11.0. The van der Waals surface area contributed by atoms with Crippen molar-refractivity contribution in [2.24, 2.45) is 5.92 Å². The van der Waals surface area contributed by atoms with Gasteiger partial charge >= 0.3 is 0 Å². The highest BCUT2D eigenvalue weighted by Crippen LogP contribution is 2.28. The minimum absolute atomic E-state index is 0.104. The molecule has 1 aromatic rings. The lowest BCUT2D eigenvalue weighted by Gasteiger charge is -2.23. The fourth-order valence-corrected chi connectivity index (χ4v) is 2.18. The van der Waals surface area contributed by atoms with E-state index < -0.39 is 0 Å². The summed E-state index contributed by atoms with van der Waals surface area (Å²) in [5.74, 6) is -0.104. The topological polar surface area (TPSA) is 26.3 Å². The van der Waals surface area contributed by atoms with Gasteiger partial charge in [0.1, 0.15) is 6.29 Å². The number of hydrogen-bond acceptors (Lipinski definition) is 2. The molecule has 0 radical (unpaired) electrons. The van der Waals surface area contributed by atoms with Crippen molar-refractivity contribution >= 4 is 6.29 Å². The molecule has 2 unspecified atom stereocenters. The first-order valence-corrected chi connectivity index (χ1v) is 6.89. The molecule has 2 nitrogen and oxygen atoms in total. The van der Waals surface area contributed by atoms with Gasteiger partial charge in [-0.25, -0.2) is 0 Å². The molecule has 0 spiro atoms. The predicted octanol–water partition coefficient (Wildman–Crippen LogP) is 3.94. The molecule has 0 fully saturated rings. The van der Waals surface area contributed by atoms with Crippen molar-refractivity contribution < 1.29 is 9.53 Å². The molecule has 0 amide bonds. The molecule has 0 aliphatic rings. The van der Waals surface area contributed by atoms with Gasteiger partial charge in [0.2, 0.25) is 0 Å². The lowest BCUT2D eigenvalue weighted by Crippen LogP contribution is -2.16. The van der Waals surface area contributed by atoms with Crippen LogP contribution in [0, 0.1) is 5.92 Å². The Labute approximate surface area is 110 Å². The van der Waals surface area contributed by atoms with Gasteiger partial charge in [0.25, 0.3) is 0 Å². The zero-order chi connectivity index (χ0) is 13.4. The van der Waals surface area contributed by atoms with Crippen LogP contribution in [0.2, 0.25) is 0 Å². The van der Waals surface area contributed by atoms with Crippen molar-refractivity contribution in [1.82, 2.24) is 0 Å². The standard InChI is InChI=1S/C16H24O2/c1-4-6-9-14-10-7-8-11-15(14)16(18-5-2)13(3)12-17/h7-8,10-13,16H,4-6,9H2,1-3H3. The maximum Gasteiger partial charge on any atom is 0.125 e. The highest BCUT2D eigenvalue weighted by molar-refractivity contribution is 5.55. The molecule has 18 heavy (non-hydrogen) atoms. The monoisotopic (exact) mass is 248 g/mol. The van der Waals surface area contributed by atoms with Gasteiger partial charge in [-0.2, -0.15) is 0 Å². The Bertz CT molecular complexity index is 360. The zero-order valence-corrected chi connectivity index (χ0v) is 11.7. The summed E-state index contributed by atoms with van der Waals surface area (Å²) in [4.78, 5) is 11.0. The molecule has 0 aliphatic heterocycles. The van der Waals surface area contributed by atoms with Crippen LogP contribution in [0.5, 0.6) is 0 Å². The zero-order valence-electron chi connectivity index (χ0n) is 11.7. The van der Waals surface area contributed by atoms with E-state index in [1.807, 2.05) is 19.9 Å². The number of carbonyl (C=O) groups is 1. The van der Waals surface area contributed by atoms with Crippen LogP contribution in [0.25, 0.3) is 0 Å². The van der Waals surface area contributed by atoms with Crippen LogP contribution in [0.3, 0.4) is 0 Å². The van der Waals surface area contributed by atoms with Crippen LogP contribution in [0.1, 0.15) is 50.8 Å². The highest BCUT2D eigenvalue weighted by atomic mass is 16.5. The molecular weight excluding hydrogens is 224 g/mol. The van der Waals surface area contributed by atoms with E-state index >= 15 is 0 Å². The second-order valence-electron chi connectivity index (χ2n) is 4.67. The van der Waals surface area contributed by atoms with Crippen molar-refractivity contribution in [1.29, 1.82) is 0 Å². The van der Waals surface area contributed by atoms with Crippen LogP contribution in [0.15, 0.2) is 24.3 Å². The fourth-order valence-electron chi connectivity index (χ4n) is 2.18. The minimum Gasteiger partial charge on any atom is -0.373 e. The van der Waals surface area contributed by atoms with Gasteiger partial charge in [0.15, 0.2) is 0 Å². The van der Waals surface area contributed by atoms with Crippen LogP contribution >= 0.6 is 0 Å². The van der Waals surface area contributed by atoms with Crippen LogP contribution in [-0.4, -0.2) is 12.9 Å². The summed E-state index contributed by atoms with van der Waals surface area (Å²) in [6.07, 6.45) is 4.28.